The molecular formula is C13H13FOS. The zero-order valence-electron chi connectivity index (χ0n) is 9.20. The molecule has 0 aliphatic carbocycles. The van der Waals surface area contributed by atoms with Gasteiger partial charge in [0.15, 0.2) is 0 Å². The van der Waals surface area contributed by atoms with Crippen LogP contribution >= 0.6 is 11.3 Å². The second-order valence-electron chi connectivity index (χ2n) is 3.87. The molecule has 84 valence electrons. The van der Waals surface area contributed by atoms with Gasteiger partial charge >= 0.3 is 0 Å². The van der Waals surface area contributed by atoms with Gasteiger partial charge in [-0.05, 0) is 36.4 Å². The SMILES string of the molecule is Cc1cc(C(O)c2cccc(C)c2F)cs1. The van der Waals surface area contributed by atoms with Crippen molar-refractivity contribution in [3.63, 3.8) is 0 Å². The molecule has 1 heterocycles. The molecule has 0 saturated heterocycles. The van der Waals surface area contributed by atoms with E-state index in [1.54, 1.807) is 36.5 Å². The number of aliphatic hydroxyl groups is 1. The fraction of sp³-hybridized carbons (Fsp3) is 0.231. The number of aliphatic hydroxyl groups excluding tert-OH is 1. The van der Waals surface area contributed by atoms with Gasteiger partial charge in [-0.1, -0.05) is 18.2 Å². The van der Waals surface area contributed by atoms with Crippen molar-refractivity contribution in [2.45, 2.75) is 20.0 Å². The first-order valence-electron chi connectivity index (χ1n) is 5.07. The molecule has 2 aromatic rings. The van der Waals surface area contributed by atoms with Crippen LogP contribution < -0.4 is 0 Å². The molecule has 2 rings (SSSR count). The van der Waals surface area contributed by atoms with Crippen molar-refractivity contribution in [2.24, 2.45) is 0 Å². The van der Waals surface area contributed by atoms with Crippen LogP contribution in [0.1, 0.15) is 27.7 Å². The van der Waals surface area contributed by atoms with Crippen molar-refractivity contribution >= 4 is 11.3 Å². The Kier molecular flexibility index (Phi) is 3.08. The highest BCUT2D eigenvalue weighted by atomic mass is 32.1. The summed E-state index contributed by atoms with van der Waals surface area (Å²) in [6, 6.07) is 6.97. The van der Waals surface area contributed by atoms with E-state index in [0.717, 1.165) is 10.4 Å². The number of benzene rings is 1. The van der Waals surface area contributed by atoms with E-state index in [1.165, 1.54) is 0 Å². The Bertz CT molecular complexity index is 504. The summed E-state index contributed by atoms with van der Waals surface area (Å²) in [5, 5.41) is 11.9. The number of hydrogen-bond donors (Lipinski definition) is 1. The van der Waals surface area contributed by atoms with Crippen molar-refractivity contribution in [3.8, 4) is 0 Å². The summed E-state index contributed by atoms with van der Waals surface area (Å²) < 4.78 is 13.8. The zero-order valence-corrected chi connectivity index (χ0v) is 10.0. The highest BCUT2D eigenvalue weighted by molar-refractivity contribution is 7.10. The van der Waals surface area contributed by atoms with Gasteiger partial charge in [-0.2, -0.15) is 0 Å². The Morgan fingerprint density at radius 3 is 2.69 bits per heavy atom. The van der Waals surface area contributed by atoms with E-state index in [2.05, 4.69) is 0 Å². The lowest BCUT2D eigenvalue weighted by Crippen LogP contribution is -2.02. The Balaban J connectivity index is 2.41. The highest BCUT2D eigenvalue weighted by Gasteiger charge is 2.16. The first-order chi connectivity index (χ1) is 7.59. The van der Waals surface area contributed by atoms with E-state index >= 15 is 0 Å². The number of rotatable bonds is 2. The van der Waals surface area contributed by atoms with Crippen LogP contribution in [0.3, 0.4) is 0 Å². The Labute approximate surface area is 98.2 Å². The van der Waals surface area contributed by atoms with Crippen LogP contribution in [-0.2, 0) is 0 Å². The molecule has 16 heavy (non-hydrogen) atoms. The minimum atomic E-state index is -0.871. The second kappa shape index (κ2) is 4.36. The minimum Gasteiger partial charge on any atom is -0.384 e. The minimum absolute atomic E-state index is 0.321. The van der Waals surface area contributed by atoms with Gasteiger partial charge in [-0.3, -0.25) is 0 Å². The van der Waals surface area contributed by atoms with E-state index in [4.69, 9.17) is 0 Å². The molecule has 1 nitrogen and oxygen atoms in total. The van der Waals surface area contributed by atoms with Gasteiger partial charge in [0, 0.05) is 10.4 Å². The van der Waals surface area contributed by atoms with Gasteiger partial charge in [-0.15, -0.1) is 11.3 Å². The molecule has 0 radical (unpaired) electrons. The fourth-order valence-corrected chi connectivity index (χ4v) is 2.39. The van der Waals surface area contributed by atoms with Gasteiger partial charge in [0.05, 0.1) is 0 Å². The van der Waals surface area contributed by atoms with Crippen molar-refractivity contribution in [3.05, 3.63) is 57.0 Å². The van der Waals surface area contributed by atoms with E-state index in [-0.39, 0.29) is 5.82 Å². The summed E-state index contributed by atoms with van der Waals surface area (Å²) in [5.41, 5.74) is 1.66. The molecule has 0 saturated carbocycles. The molecule has 0 amide bonds. The third kappa shape index (κ3) is 2.01. The van der Waals surface area contributed by atoms with E-state index < -0.39 is 6.10 Å². The van der Waals surface area contributed by atoms with Crippen LogP contribution in [-0.4, -0.2) is 5.11 Å². The molecule has 1 aromatic carbocycles. The third-order valence-corrected chi connectivity index (χ3v) is 3.46. The van der Waals surface area contributed by atoms with Crippen LogP contribution in [0, 0.1) is 19.7 Å². The quantitative estimate of drug-likeness (QED) is 0.845. The summed E-state index contributed by atoms with van der Waals surface area (Å²) in [6.07, 6.45) is -0.871. The monoisotopic (exact) mass is 236 g/mol. The number of hydrogen-bond acceptors (Lipinski definition) is 2. The Morgan fingerprint density at radius 1 is 1.31 bits per heavy atom. The number of aryl methyl sites for hydroxylation is 2. The fourth-order valence-electron chi connectivity index (χ4n) is 1.67. The average Bonchev–Trinajstić information content (AvgIpc) is 2.68. The maximum atomic E-state index is 13.8. The van der Waals surface area contributed by atoms with Gasteiger partial charge < -0.3 is 5.11 Å². The summed E-state index contributed by atoms with van der Waals surface area (Å²) in [5.74, 6) is -0.321. The Hall–Kier alpha value is -1.19. The standard InChI is InChI=1S/C13H13FOS/c1-8-4-3-5-11(12(8)14)13(15)10-6-9(2)16-7-10/h3-7,13,15H,1-2H3. The highest BCUT2D eigenvalue weighted by Crippen LogP contribution is 2.28. The number of thiophene rings is 1. The van der Waals surface area contributed by atoms with Gasteiger partial charge in [-0.25, -0.2) is 4.39 Å². The first kappa shape index (κ1) is 11.3. The van der Waals surface area contributed by atoms with Gasteiger partial charge in [0.1, 0.15) is 11.9 Å². The molecule has 0 fully saturated rings. The second-order valence-corrected chi connectivity index (χ2v) is 4.99. The topological polar surface area (TPSA) is 20.2 Å². The summed E-state index contributed by atoms with van der Waals surface area (Å²) in [7, 11) is 0. The average molecular weight is 236 g/mol. The lowest BCUT2D eigenvalue weighted by molar-refractivity contribution is 0.215. The predicted octanol–water partition coefficient (Wildman–Crippen LogP) is 3.59. The molecule has 1 atom stereocenters. The molecule has 3 heteroatoms. The van der Waals surface area contributed by atoms with Gasteiger partial charge in [0.2, 0.25) is 0 Å². The predicted molar refractivity (Wildman–Crippen MR) is 64.3 cm³/mol. The molecule has 0 aliphatic rings. The molecule has 1 unspecified atom stereocenters. The third-order valence-electron chi connectivity index (χ3n) is 2.58. The molecular weight excluding hydrogens is 223 g/mol. The van der Waals surface area contributed by atoms with Crippen molar-refractivity contribution < 1.29 is 9.50 Å². The lowest BCUT2D eigenvalue weighted by atomic mass is 10.0. The smallest absolute Gasteiger partial charge is 0.132 e. The Morgan fingerprint density at radius 2 is 2.06 bits per heavy atom. The van der Waals surface area contributed by atoms with E-state index in [0.29, 0.717) is 11.1 Å². The van der Waals surface area contributed by atoms with Crippen molar-refractivity contribution in [1.82, 2.24) is 0 Å². The normalized spacial score (nSPS) is 12.8. The summed E-state index contributed by atoms with van der Waals surface area (Å²) in [4.78, 5) is 1.11. The summed E-state index contributed by atoms with van der Waals surface area (Å²) >= 11 is 1.56. The molecule has 1 aromatic heterocycles. The van der Waals surface area contributed by atoms with Gasteiger partial charge in [0.25, 0.3) is 0 Å². The van der Waals surface area contributed by atoms with Crippen molar-refractivity contribution in [2.75, 3.05) is 0 Å². The van der Waals surface area contributed by atoms with Crippen molar-refractivity contribution in [1.29, 1.82) is 0 Å². The maximum Gasteiger partial charge on any atom is 0.132 e. The molecule has 0 bridgehead atoms. The van der Waals surface area contributed by atoms with Crippen LogP contribution in [0.25, 0.3) is 0 Å². The molecule has 0 spiro atoms. The van der Waals surface area contributed by atoms with E-state index in [1.807, 2.05) is 18.4 Å². The molecule has 1 N–H and O–H groups in total. The van der Waals surface area contributed by atoms with Crippen LogP contribution in [0.2, 0.25) is 0 Å². The first-order valence-corrected chi connectivity index (χ1v) is 5.95. The zero-order chi connectivity index (χ0) is 11.7. The lowest BCUT2D eigenvalue weighted by Gasteiger charge is -2.11. The summed E-state index contributed by atoms with van der Waals surface area (Å²) in [6.45, 7) is 3.66. The molecule has 0 aliphatic heterocycles. The largest absolute Gasteiger partial charge is 0.384 e. The van der Waals surface area contributed by atoms with Crippen LogP contribution in [0.15, 0.2) is 29.6 Å². The van der Waals surface area contributed by atoms with E-state index in [9.17, 15) is 9.50 Å². The maximum absolute atomic E-state index is 13.8. The van der Waals surface area contributed by atoms with Crippen LogP contribution in [0.5, 0.6) is 0 Å². The number of halogens is 1. The van der Waals surface area contributed by atoms with Crippen LogP contribution in [0.4, 0.5) is 4.39 Å².